The molecule has 0 aliphatic heterocycles. The van der Waals surface area contributed by atoms with E-state index in [1.165, 1.54) is 0 Å². The lowest BCUT2D eigenvalue weighted by atomic mass is 9.92. The molecule has 3 N–H and O–H groups in total. The Kier molecular flexibility index (Phi) is 5.49. The van der Waals surface area contributed by atoms with Crippen LogP contribution in [0.4, 0.5) is 0 Å². The Bertz CT molecular complexity index is 747. The standard InChI is InChI=1S/C18H26N4O2/c1-12-13-8-6-7-9-14(13)24-15(12)10-21-17(20-5)22-11-18(2,3)16(23)19-4/h6-9H,10-11H2,1-5H3,(H,19,23)(H2,20,21,22). The highest BCUT2D eigenvalue weighted by Gasteiger charge is 2.26. The number of carbonyl (C=O) groups excluding carboxylic acids is 1. The molecular weight excluding hydrogens is 304 g/mol. The molecule has 0 fully saturated rings. The number of aryl methyl sites for hydroxylation is 1. The minimum atomic E-state index is -0.526. The molecule has 1 aromatic carbocycles. The number of benzene rings is 1. The van der Waals surface area contributed by atoms with Crippen molar-refractivity contribution in [3.63, 3.8) is 0 Å². The Morgan fingerprint density at radius 3 is 2.58 bits per heavy atom. The van der Waals surface area contributed by atoms with Crippen LogP contribution >= 0.6 is 0 Å². The van der Waals surface area contributed by atoms with E-state index in [2.05, 4.69) is 27.0 Å². The Labute approximate surface area is 142 Å². The summed E-state index contributed by atoms with van der Waals surface area (Å²) in [6, 6.07) is 7.98. The van der Waals surface area contributed by atoms with Gasteiger partial charge in [0.15, 0.2) is 5.96 Å². The van der Waals surface area contributed by atoms with E-state index in [0.717, 1.165) is 22.3 Å². The molecule has 2 rings (SSSR count). The maximum Gasteiger partial charge on any atom is 0.227 e. The molecule has 0 saturated heterocycles. The van der Waals surface area contributed by atoms with E-state index < -0.39 is 5.41 Å². The molecule has 0 saturated carbocycles. The lowest BCUT2D eigenvalue weighted by Gasteiger charge is -2.24. The summed E-state index contributed by atoms with van der Waals surface area (Å²) in [5, 5.41) is 10.2. The second-order valence-electron chi connectivity index (χ2n) is 6.39. The number of aliphatic imine (C=N–C) groups is 1. The van der Waals surface area contributed by atoms with E-state index in [4.69, 9.17) is 4.42 Å². The zero-order valence-corrected chi connectivity index (χ0v) is 15.0. The monoisotopic (exact) mass is 330 g/mol. The fourth-order valence-electron chi connectivity index (χ4n) is 2.50. The third kappa shape index (κ3) is 3.88. The molecule has 2 aromatic rings. The molecule has 24 heavy (non-hydrogen) atoms. The van der Waals surface area contributed by atoms with Gasteiger partial charge in [-0.25, -0.2) is 0 Å². The summed E-state index contributed by atoms with van der Waals surface area (Å²) >= 11 is 0. The van der Waals surface area contributed by atoms with Crippen LogP contribution in [0, 0.1) is 12.3 Å². The summed E-state index contributed by atoms with van der Waals surface area (Å²) < 4.78 is 5.89. The van der Waals surface area contributed by atoms with Crippen molar-refractivity contribution in [3.8, 4) is 0 Å². The number of furan rings is 1. The van der Waals surface area contributed by atoms with E-state index >= 15 is 0 Å². The minimum absolute atomic E-state index is 0.0152. The molecular formula is C18H26N4O2. The molecule has 1 heterocycles. The molecule has 1 aromatic heterocycles. The predicted octanol–water partition coefficient (Wildman–Crippen LogP) is 2.18. The molecule has 1 amide bonds. The van der Waals surface area contributed by atoms with Crippen LogP contribution in [0.3, 0.4) is 0 Å². The SMILES string of the molecule is CN=C(NCc1oc2ccccc2c1C)NCC(C)(C)C(=O)NC. The van der Waals surface area contributed by atoms with Gasteiger partial charge < -0.3 is 20.4 Å². The van der Waals surface area contributed by atoms with Crippen LogP contribution < -0.4 is 16.0 Å². The normalized spacial score (nSPS) is 12.3. The van der Waals surface area contributed by atoms with Gasteiger partial charge in [0.1, 0.15) is 11.3 Å². The average Bonchev–Trinajstić information content (AvgIpc) is 2.90. The van der Waals surface area contributed by atoms with Gasteiger partial charge in [-0.2, -0.15) is 0 Å². The lowest BCUT2D eigenvalue weighted by Crippen LogP contribution is -2.47. The highest BCUT2D eigenvalue weighted by molar-refractivity contribution is 5.84. The quantitative estimate of drug-likeness (QED) is 0.580. The van der Waals surface area contributed by atoms with Gasteiger partial charge >= 0.3 is 0 Å². The molecule has 0 aliphatic rings. The molecule has 0 aliphatic carbocycles. The number of hydrogen-bond donors (Lipinski definition) is 3. The van der Waals surface area contributed by atoms with Crippen molar-refractivity contribution in [1.29, 1.82) is 0 Å². The number of guanidine groups is 1. The number of para-hydroxylation sites is 1. The molecule has 0 atom stereocenters. The molecule has 0 radical (unpaired) electrons. The second-order valence-corrected chi connectivity index (χ2v) is 6.39. The Morgan fingerprint density at radius 2 is 1.96 bits per heavy atom. The van der Waals surface area contributed by atoms with E-state index in [-0.39, 0.29) is 5.91 Å². The maximum absolute atomic E-state index is 11.8. The number of hydrogen-bond acceptors (Lipinski definition) is 3. The summed E-state index contributed by atoms with van der Waals surface area (Å²) in [4.78, 5) is 16.0. The van der Waals surface area contributed by atoms with E-state index in [1.54, 1.807) is 14.1 Å². The second kappa shape index (κ2) is 7.38. The van der Waals surface area contributed by atoms with Gasteiger partial charge in [0.25, 0.3) is 0 Å². The van der Waals surface area contributed by atoms with Gasteiger partial charge in [0.05, 0.1) is 12.0 Å². The van der Waals surface area contributed by atoms with Crippen LogP contribution in [0.1, 0.15) is 25.2 Å². The third-order valence-corrected chi connectivity index (χ3v) is 4.12. The Morgan fingerprint density at radius 1 is 1.25 bits per heavy atom. The van der Waals surface area contributed by atoms with Gasteiger partial charge in [0, 0.05) is 31.6 Å². The van der Waals surface area contributed by atoms with Gasteiger partial charge in [-0.15, -0.1) is 0 Å². The van der Waals surface area contributed by atoms with Gasteiger partial charge in [-0.05, 0) is 26.8 Å². The van der Waals surface area contributed by atoms with Crippen molar-refractivity contribution in [2.75, 3.05) is 20.6 Å². The third-order valence-electron chi connectivity index (χ3n) is 4.12. The molecule has 0 unspecified atom stereocenters. The van der Waals surface area contributed by atoms with Crippen molar-refractivity contribution in [3.05, 3.63) is 35.6 Å². The van der Waals surface area contributed by atoms with Crippen LogP contribution in [0.15, 0.2) is 33.7 Å². The predicted molar refractivity (Wildman–Crippen MR) is 97.0 cm³/mol. The van der Waals surface area contributed by atoms with Crippen molar-refractivity contribution in [2.24, 2.45) is 10.4 Å². The zero-order valence-electron chi connectivity index (χ0n) is 15.0. The van der Waals surface area contributed by atoms with Crippen molar-refractivity contribution in [1.82, 2.24) is 16.0 Å². The first-order chi connectivity index (χ1) is 11.4. The summed E-state index contributed by atoms with van der Waals surface area (Å²) in [7, 11) is 3.34. The topological polar surface area (TPSA) is 78.7 Å². The van der Waals surface area contributed by atoms with Gasteiger partial charge in [-0.1, -0.05) is 18.2 Å². The lowest BCUT2D eigenvalue weighted by molar-refractivity contribution is -0.128. The largest absolute Gasteiger partial charge is 0.459 e. The number of nitrogens with zero attached hydrogens (tertiary/aromatic N) is 1. The highest BCUT2D eigenvalue weighted by atomic mass is 16.3. The number of amides is 1. The average molecular weight is 330 g/mol. The van der Waals surface area contributed by atoms with Gasteiger partial charge in [-0.3, -0.25) is 9.79 Å². The minimum Gasteiger partial charge on any atom is -0.459 e. The first-order valence-corrected chi connectivity index (χ1v) is 8.02. The highest BCUT2D eigenvalue weighted by Crippen LogP contribution is 2.24. The summed E-state index contributed by atoms with van der Waals surface area (Å²) in [5.41, 5.74) is 1.48. The Hall–Kier alpha value is -2.50. The van der Waals surface area contributed by atoms with Crippen LogP contribution in [0.2, 0.25) is 0 Å². The summed E-state index contributed by atoms with van der Waals surface area (Å²) in [6.07, 6.45) is 0. The molecule has 0 spiro atoms. The van der Waals surface area contributed by atoms with Crippen LogP contribution in [0.5, 0.6) is 0 Å². The van der Waals surface area contributed by atoms with Crippen molar-refractivity contribution < 1.29 is 9.21 Å². The first kappa shape index (κ1) is 17.8. The van der Waals surface area contributed by atoms with Crippen molar-refractivity contribution >= 4 is 22.8 Å². The number of rotatable bonds is 5. The molecule has 130 valence electrons. The van der Waals surface area contributed by atoms with Gasteiger partial charge in [0.2, 0.25) is 5.91 Å². The van der Waals surface area contributed by atoms with E-state index in [1.807, 2.05) is 39.0 Å². The Balaban J connectivity index is 1.98. The molecule has 6 heteroatoms. The van der Waals surface area contributed by atoms with Crippen LogP contribution in [0.25, 0.3) is 11.0 Å². The van der Waals surface area contributed by atoms with Crippen LogP contribution in [-0.2, 0) is 11.3 Å². The fraction of sp³-hybridized carbons (Fsp3) is 0.444. The molecule has 0 bridgehead atoms. The zero-order chi connectivity index (χ0) is 17.7. The smallest absolute Gasteiger partial charge is 0.227 e. The van der Waals surface area contributed by atoms with E-state index in [9.17, 15) is 4.79 Å². The van der Waals surface area contributed by atoms with Crippen molar-refractivity contribution in [2.45, 2.75) is 27.3 Å². The number of carbonyl (C=O) groups is 1. The number of nitrogens with one attached hydrogen (secondary N) is 3. The summed E-state index contributed by atoms with van der Waals surface area (Å²) in [5.74, 6) is 1.50. The van der Waals surface area contributed by atoms with Crippen LogP contribution in [-0.4, -0.2) is 32.5 Å². The fourth-order valence-corrected chi connectivity index (χ4v) is 2.50. The maximum atomic E-state index is 11.8. The number of fused-ring (bicyclic) bond motifs is 1. The summed E-state index contributed by atoms with van der Waals surface area (Å²) in [6.45, 7) is 6.82. The first-order valence-electron chi connectivity index (χ1n) is 8.02. The molecule has 6 nitrogen and oxygen atoms in total. The van der Waals surface area contributed by atoms with E-state index in [0.29, 0.717) is 19.0 Å².